The van der Waals surface area contributed by atoms with Gasteiger partial charge in [0.1, 0.15) is 0 Å². The fraction of sp³-hybridized carbons (Fsp3) is 0.667. The Hall–Kier alpha value is -0.580. The number of likely N-dealkylation sites (N-methyl/N-ethyl adjacent to an activating group) is 1. The van der Waals surface area contributed by atoms with Crippen molar-refractivity contribution in [2.24, 2.45) is 5.92 Å². The average Bonchev–Trinajstić information content (AvgIpc) is 2.27. The van der Waals surface area contributed by atoms with E-state index in [4.69, 9.17) is 23.2 Å². The van der Waals surface area contributed by atoms with Crippen LogP contribution in [0.2, 0.25) is 10.3 Å². The molecule has 1 heterocycles. The quantitative estimate of drug-likeness (QED) is 0.806. The molecule has 0 spiro atoms. The maximum absolute atomic E-state index is 6.10. The second kappa shape index (κ2) is 7.12. The first-order chi connectivity index (χ1) is 8.40. The number of rotatable bonds is 6. The average molecular weight is 291 g/mol. The minimum atomic E-state index is 0.369. The van der Waals surface area contributed by atoms with Crippen LogP contribution in [0.4, 0.5) is 5.69 Å². The Labute approximate surface area is 119 Å². The summed E-state index contributed by atoms with van der Waals surface area (Å²) in [6.45, 7) is 7.09. The van der Waals surface area contributed by atoms with E-state index >= 15 is 0 Å². The van der Waals surface area contributed by atoms with E-state index in [0.717, 1.165) is 25.3 Å². The first-order valence-corrected chi connectivity index (χ1v) is 6.74. The Morgan fingerprint density at radius 2 is 1.83 bits per heavy atom. The van der Waals surface area contributed by atoms with Crippen molar-refractivity contribution in [3.63, 3.8) is 0 Å². The Balaban J connectivity index is 2.89. The fourth-order valence-electron chi connectivity index (χ4n) is 1.64. The lowest BCUT2D eigenvalue weighted by Gasteiger charge is -2.28. The van der Waals surface area contributed by atoms with E-state index in [1.165, 1.54) is 0 Å². The van der Waals surface area contributed by atoms with Gasteiger partial charge >= 0.3 is 0 Å². The van der Waals surface area contributed by atoms with Gasteiger partial charge in [-0.1, -0.05) is 37.0 Å². The largest absolute Gasteiger partial charge is 0.367 e. The lowest BCUT2D eigenvalue weighted by atomic mass is 10.2. The molecule has 0 aromatic carbocycles. The molecule has 4 nitrogen and oxygen atoms in total. The van der Waals surface area contributed by atoms with Crippen LogP contribution in [0.3, 0.4) is 0 Å². The monoisotopic (exact) mass is 290 g/mol. The number of anilines is 1. The van der Waals surface area contributed by atoms with E-state index in [1.807, 2.05) is 14.1 Å². The van der Waals surface area contributed by atoms with Crippen LogP contribution in [-0.2, 0) is 0 Å². The predicted octanol–water partition coefficient (Wildman–Crippen LogP) is 2.81. The summed E-state index contributed by atoms with van der Waals surface area (Å²) in [6.07, 6.45) is 0. The smallest absolute Gasteiger partial charge is 0.175 e. The predicted molar refractivity (Wildman–Crippen MR) is 77.7 cm³/mol. The van der Waals surface area contributed by atoms with Crippen LogP contribution in [0.1, 0.15) is 13.8 Å². The van der Waals surface area contributed by atoms with Crippen molar-refractivity contribution >= 4 is 28.9 Å². The first-order valence-electron chi connectivity index (χ1n) is 5.98. The zero-order valence-electron chi connectivity index (χ0n) is 11.3. The highest BCUT2D eigenvalue weighted by atomic mass is 35.5. The molecule has 0 amide bonds. The molecule has 18 heavy (non-hydrogen) atoms. The molecule has 0 N–H and O–H groups in total. The molecule has 0 radical (unpaired) electrons. The standard InChI is InChI=1S/C12H20Cl2N4/c1-9(2)8-18(6-5-17(3)4)10-7-11(13)15-16-12(10)14/h7,9H,5-6,8H2,1-4H3. The maximum Gasteiger partial charge on any atom is 0.175 e. The molecule has 0 fully saturated rings. The number of halogens is 2. The van der Waals surface area contributed by atoms with Gasteiger partial charge in [0, 0.05) is 25.7 Å². The van der Waals surface area contributed by atoms with Crippen molar-refractivity contribution in [2.45, 2.75) is 13.8 Å². The SMILES string of the molecule is CC(C)CN(CCN(C)C)c1cc(Cl)nnc1Cl. The molecular weight excluding hydrogens is 271 g/mol. The third-order valence-electron chi connectivity index (χ3n) is 2.44. The lowest BCUT2D eigenvalue weighted by molar-refractivity contribution is 0.409. The summed E-state index contributed by atoms with van der Waals surface area (Å²) in [6, 6.07) is 1.77. The van der Waals surface area contributed by atoms with Crippen LogP contribution in [-0.4, -0.2) is 48.8 Å². The first kappa shape index (κ1) is 15.5. The Bertz CT molecular complexity index is 382. The molecule has 0 saturated carbocycles. The molecular formula is C12H20Cl2N4. The summed E-state index contributed by atoms with van der Waals surface area (Å²) in [4.78, 5) is 4.34. The minimum absolute atomic E-state index is 0.369. The second-order valence-electron chi connectivity index (χ2n) is 4.99. The maximum atomic E-state index is 6.10. The summed E-state index contributed by atoms with van der Waals surface area (Å²) in [5, 5.41) is 8.37. The highest BCUT2D eigenvalue weighted by Gasteiger charge is 2.14. The van der Waals surface area contributed by atoms with Gasteiger partial charge in [-0.25, -0.2) is 0 Å². The number of hydrogen-bond donors (Lipinski definition) is 0. The van der Waals surface area contributed by atoms with E-state index in [0.29, 0.717) is 16.2 Å². The van der Waals surface area contributed by atoms with Crippen molar-refractivity contribution in [1.29, 1.82) is 0 Å². The van der Waals surface area contributed by atoms with E-state index in [2.05, 4.69) is 33.8 Å². The summed E-state index contributed by atoms with van der Waals surface area (Å²) in [7, 11) is 4.10. The highest BCUT2D eigenvalue weighted by molar-refractivity contribution is 6.33. The summed E-state index contributed by atoms with van der Waals surface area (Å²) in [5.74, 6) is 0.537. The van der Waals surface area contributed by atoms with Crippen molar-refractivity contribution in [3.8, 4) is 0 Å². The van der Waals surface area contributed by atoms with Crippen LogP contribution < -0.4 is 4.90 Å². The molecule has 0 aliphatic heterocycles. The van der Waals surface area contributed by atoms with Gasteiger partial charge in [-0.2, -0.15) is 0 Å². The number of hydrogen-bond acceptors (Lipinski definition) is 4. The van der Waals surface area contributed by atoms with E-state index in [9.17, 15) is 0 Å². The van der Waals surface area contributed by atoms with E-state index in [1.54, 1.807) is 6.07 Å². The molecule has 1 aromatic rings. The highest BCUT2D eigenvalue weighted by Crippen LogP contribution is 2.25. The van der Waals surface area contributed by atoms with Crippen LogP contribution in [0.5, 0.6) is 0 Å². The molecule has 0 aliphatic rings. The van der Waals surface area contributed by atoms with Crippen molar-refractivity contribution in [1.82, 2.24) is 15.1 Å². The van der Waals surface area contributed by atoms with Crippen molar-refractivity contribution in [3.05, 3.63) is 16.4 Å². The zero-order chi connectivity index (χ0) is 13.7. The van der Waals surface area contributed by atoms with Crippen LogP contribution >= 0.6 is 23.2 Å². The van der Waals surface area contributed by atoms with Gasteiger partial charge in [0.15, 0.2) is 10.3 Å². The molecule has 102 valence electrons. The molecule has 1 aromatic heterocycles. The van der Waals surface area contributed by atoms with Crippen LogP contribution in [0, 0.1) is 5.92 Å². The summed E-state index contributed by atoms with van der Waals surface area (Å²) >= 11 is 12.0. The molecule has 0 unspecified atom stereocenters. The molecule has 6 heteroatoms. The number of nitrogens with zero attached hydrogens (tertiary/aromatic N) is 4. The van der Waals surface area contributed by atoms with Gasteiger partial charge in [-0.15, -0.1) is 10.2 Å². The molecule has 0 aliphatic carbocycles. The minimum Gasteiger partial charge on any atom is -0.367 e. The van der Waals surface area contributed by atoms with Crippen molar-refractivity contribution in [2.75, 3.05) is 38.6 Å². The lowest BCUT2D eigenvalue weighted by Crippen LogP contribution is -2.34. The van der Waals surface area contributed by atoms with Crippen LogP contribution in [0.25, 0.3) is 0 Å². The topological polar surface area (TPSA) is 32.3 Å². The van der Waals surface area contributed by atoms with Gasteiger partial charge in [0.2, 0.25) is 0 Å². The molecule has 0 saturated heterocycles. The number of aromatic nitrogens is 2. The zero-order valence-corrected chi connectivity index (χ0v) is 12.8. The Morgan fingerprint density at radius 3 is 2.39 bits per heavy atom. The Kier molecular flexibility index (Phi) is 6.12. The third kappa shape index (κ3) is 4.96. The normalized spacial score (nSPS) is 11.3. The van der Waals surface area contributed by atoms with Gasteiger partial charge < -0.3 is 9.80 Å². The van der Waals surface area contributed by atoms with Crippen LogP contribution in [0.15, 0.2) is 6.07 Å². The molecule has 1 rings (SSSR count). The van der Waals surface area contributed by atoms with Gasteiger partial charge in [-0.05, 0) is 20.0 Å². The van der Waals surface area contributed by atoms with Gasteiger partial charge in [0.05, 0.1) is 5.69 Å². The second-order valence-corrected chi connectivity index (χ2v) is 5.73. The van der Waals surface area contributed by atoms with Gasteiger partial charge in [-0.3, -0.25) is 0 Å². The molecule has 0 atom stereocenters. The van der Waals surface area contributed by atoms with Gasteiger partial charge in [0.25, 0.3) is 0 Å². The Morgan fingerprint density at radius 1 is 1.17 bits per heavy atom. The fourth-order valence-corrected chi connectivity index (χ4v) is 1.99. The molecule has 0 bridgehead atoms. The van der Waals surface area contributed by atoms with Crippen molar-refractivity contribution < 1.29 is 0 Å². The van der Waals surface area contributed by atoms with E-state index in [-0.39, 0.29) is 0 Å². The van der Waals surface area contributed by atoms with E-state index < -0.39 is 0 Å². The summed E-state index contributed by atoms with van der Waals surface area (Å²) in [5.41, 5.74) is 0.854. The summed E-state index contributed by atoms with van der Waals surface area (Å²) < 4.78 is 0. The third-order valence-corrected chi connectivity index (χ3v) is 2.90.